The number of rotatable bonds is 1. The van der Waals surface area contributed by atoms with Crippen LogP contribution >= 0.6 is 0 Å². The molecule has 0 fully saturated rings. The molecule has 1 rings (SSSR count). The quantitative estimate of drug-likeness (QED) is 0.633. The van der Waals surface area contributed by atoms with Crippen molar-refractivity contribution < 1.29 is 33.3 Å². The molecule has 0 spiro atoms. The average molecular weight is 222 g/mol. The zero-order chi connectivity index (χ0) is 11.8. The van der Waals surface area contributed by atoms with Gasteiger partial charge in [0.1, 0.15) is 22.6 Å². The summed E-state index contributed by atoms with van der Waals surface area (Å²) in [6.07, 6.45) is -4.92. The van der Waals surface area contributed by atoms with Crippen molar-refractivity contribution in [3.05, 3.63) is 23.3 Å². The van der Waals surface area contributed by atoms with Gasteiger partial charge in [0.05, 0.1) is 0 Å². The van der Waals surface area contributed by atoms with Crippen molar-refractivity contribution in [1.82, 2.24) is 0 Å². The number of aromatic hydroxyl groups is 2. The van der Waals surface area contributed by atoms with Crippen LogP contribution in [0.1, 0.15) is 15.9 Å². The summed E-state index contributed by atoms with van der Waals surface area (Å²) in [5.41, 5.74) is -2.58. The van der Waals surface area contributed by atoms with Crippen molar-refractivity contribution in [3.8, 4) is 11.5 Å². The molecular weight excluding hydrogens is 217 g/mol. The number of carboxylic acids is 1. The molecule has 0 saturated heterocycles. The number of hydrogen-bond acceptors (Lipinski definition) is 3. The molecule has 15 heavy (non-hydrogen) atoms. The highest BCUT2D eigenvalue weighted by Crippen LogP contribution is 2.39. The number of phenolic OH excluding ortho intramolecular Hbond substituents is 1. The highest BCUT2D eigenvalue weighted by molar-refractivity contribution is 5.92. The Hall–Kier alpha value is -1.92. The van der Waals surface area contributed by atoms with Gasteiger partial charge < -0.3 is 15.3 Å². The molecule has 0 aliphatic rings. The highest BCUT2D eigenvalue weighted by Gasteiger charge is 2.36. The van der Waals surface area contributed by atoms with Gasteiger partial charge in [-0.2, -0.15) is 13.2 Å². The Morgan fingerprint density at radius 2 is 1.73 bits per heavy atom. The largest absolute Gasteiger partial charge is 0.508 e. The third-order valence-electron chi connectivity index (χ3n) is 1.63. The number of hydrogen-bond donors (Lipinski definition) is 3. The molecule has 0 bridgehead atoms. The van der Waals surface area contributed by atoms with E-state index in [1.807, 2.05) is 0 Å². The van der Waals surface area contributed by atoms with Crippen LogP contribution in [0, 0.1) is 0 Å². The van der Waals surface area contributed by atoms with E-state index in [2.05, 4.69) is 0 Å². The maximum Gasteiger partial charge on any atom is 0.420 e. The van der Waals surface area contributed by atoms with Crippen molar-refractivity contribution in [1.29, 1.82) is 0 Å². The summed E-state index contributed by atoms with van der Waals surface area (Å²) in [5, 5.41) is 26.3. The molecule has 0 aliphatic carbocycles. The van der Waals surface area contributed by atoms with Crippen molar-refractivity contribution in [2.45, 2.75) is 6.18 Å². The van der Waals surface area contributed by atoms with E-state index < -0.39 is 34.8 Å². The van der Waals surface area contributed by atoms with E-state index in [1.54, 1.807) is 0 Å². The van der Waals surface area contributed by atoms with Gasteiger partial charge in [0.25, 0.3) is 0 Å². The van der Waals surface area contributed by atoms with Crippen LogP contribution in [0.4, 0.5) is 13.2 Å². The molecular formula is C8H5F3O4. The molecule has 1 aromatic rings. The number of carbonyl (C=O) groups is 1. The van der Waals surface area contributed by atoms with Gasteiger partial charge >= 0.3 is 12.1 Å². The maximum atomic E-state index is 12.2. The lowest BCUT2D eigenvalue weighted by Crippen LogP contribution is -2.08. The van der Waals surface area contributed by atoms with Crippen molar-refractivity contribution >= 4 is 5.97 Å². The molecule has 0 aromatic heterocycles. The van der Waals surface area contributed by atoms with E-state index in [4.69, 9.17) is 15.3 Å². The summed E-state index contributed by atoms with van der Waals surface area (Å²) < 4.78 is 36.6. The second-order valence-electron chi connectivity index (χ2n) is 2.69. The van der Waals surface area contributed by atoms with Gasteiger partial charge in [-0.25, -0.2) is 4.79 Å². The van der Waals surface area contributed by atoms with Crippen molar-refractivity contribution in [3.63, 3.8) is 0 Å². The van der Waals surface area contributed by atoms with Crippen LogP contribution in [0.3, 0.4) is 0 Å². The van der Waals surface area contributed by atoms with E-state index in [1.165, 1.54) is 0 Å². The van der Waals surface area contributed by atoms with E-state index in [0.29, 0.717) is 6.07 Å². The van der Waals surface area contributed by atoms with Crippen LogP contribution in [0.15, 0.2) is 12.1 Å². The number of benzene rings is 1. The Morgan fingerprint density at radius 3 is 2.13 bits per heavy atom. The third-order valence-corrected chi connectivity index (χ3v) is 1.63. The number of halogens is 3. The second kappa shape index (κ2) is 3.34. The van der Waals surface area contributed by atoms with Gasteiger partial charge in [-0.15, -0.1) is 0 Å². The van der Waals surface area contributed by atoms with E-state index in [9.17, 15) is 18.0 Å². The lowest BCUT2D eigenvalue weighted by atomic mass is 10.1. The maximum absolute atomic E-state index is 12.2. The number of alkyl halides is 3. The molecule has 7 heteroatoms. The van der Waals surface area contributed by atoms with Gasteiger partial charge in [0, 0.05) is 0 Å². The first-order chi connectivity index (χ1) is 6.73. The summed E-state index contributed by atoms with van der Waals surface area (Å²) in [5.74, 6) is -4.04. The number of carboxylic acid groups (broad SMARTS) is 1. The lowest BCUT2D eigenvalue weighted by Gasteiger charge is -2.11. The monoisotopic (exact) mass is 222 g/mol. The smallest absolute Gasteiger partial charge is 0.420 e. The predicted octanol–water partition coefficient (Wildman–Crippen LogP) is 1.81. The van der Waals surface area contributed by atoms with Crippen LogP contribution in [0.2, 0.25) is 0 Å². The molecule has 0 amide bonds. The molecule has 3 N–H and O–H groups in total. The first kappa shape index (κ1) is 11.2. The van der Waals surface area contributed by atoms with Gasteiger partial charge in [-0.05, 0) is 12.1 Å². The molecule has 1 aromatic carbocycles. The summed E-state index contributed by atoms with van der Waals surface area (Å²) >= 11 is 0. The normalized spacial score (nSPS) is 11.4. The van der Waals surface area contributed by atoms with Crippen molar-refractivity contribution in [2.24, 2.45) is 0 Å². The Balaban J connectivity index is 3.49. The standard InChI is InChI=1S/C8H5F3O4/c9-8(10,11)5-2-3(12)1-4(6(5)13)7(14)15/h1-2,12-13H,(H,14,15). The lowest BCUT2D eigenvalue weighted by molar-refractivity contribution is -0.138. The Bertz CT molecular complexity index is 411. The SMILES string of the molecule is O=C(O)c1cc(O)cc(C(F)(F)F)c1O. The summed E-state index contributed by atoms with van der Waals surface area (Å²) in [6, 6.07) is 0.786. The fourth-order valence-corrected chi connectivity index (χ4v) is 0.998. The fraction of sp³-hybridized carbons (Fsp3) is 0.125. The molecule has 0 unspecified atom stereocenters. The molecule has 82 valence electrons. The van der Waals surface area contributed by atoms with Crippen molar-refractivity contribution in [2.75, 3.05) is 0 Å². The Kier molecular flexibility index (Phi) is 2.48. The minimum absolute atomic E-state index is 0.252. The Labute approximate surface area is 81.2 Å². The van der Waals surface area contributed by atoms with E-state index in [0.717, 1.165) is 0 Å². The van der Waals surface area contributed by atoms with E-state index in [-0.39, 0.29) is 6.07 Å². The second-order valence-corrected chi connectivity index (χ2v) is 2.69. The summed E-state index contributed by atoms with van der Waals surface area (Å²) in [7, 11) is 0. The zero-order valence-electron chi connectivity index (χ0n) is 7.04. The van der Waals surface area contributed by atoms with Gasteiger partial charge in [-0.1, -0.05) is 0 Å². The van der Waals surface area contributed by atoms with Crippen LogP contribution < -0.4 is 0 Å². The minimum atomic E-state index is -4.92. The van der Waals surface area contributed by atoms with Gasteiger partial charge in [-0.3, -0.25) is 0 Å². The predicted molar refractivity (Wildman–Crippen MR) is 41.7 cm³/mol. The molecule has 0 atom stereocenters. The van der Waals surface area contributed by atoms with Crippen LogP contribution in [-0.2, 0) is 6.18 Å². The van der Waals surface area contributed by atoms with Crippen LogP contribution in [0.25, 0.3) is 0 Å². The number of phenols is 2. The van der Waals surface area contributed by atoms with Gasteiger partial charge in [0.2, 0.25) is 0 Å². The Morgan fingerprint density at radius 1 is 1.20 bits per heavy atom. The van der Waals surface area contributed by atoms with Crippen LogP contribution in [-0.4, -0.2) is 21.3 Å². The van der Waals surface area contributed by atoms with E-state index >= 15 is 0 Å². The summed E-state index contributed by atoms with van der Waals surface area (Å²) in [6.45, 7) is 0. The van der Waals surface area contributed by atoms with Gasteiger partial charge in [0.15, 0.2) is 0 Å². The highest BCUT2D eigenvalue weighted by atomic mass is 19.4. The zero-order valence-corrected chi connectivity index (χ0v) is 7.04. The number of aromatic carboxylic acids is 1. The third kappa shape index (κ3) is 2.12. The molecule has 0 heterocycles. The minimum Gasteiger partial charge on any atom is -0.508 e. The fourth-order valence-electron chi connectivity index (χ4n) is 0.998. The summed E-state index contributed by atoms with van der Waals surface area (Å²) in [4.78, 5) is 10.4. The molecule has 0 radical (unpaired) electrons. The molecule has 0 saturated carbocycles. The first-order valence-corrected chi connectivity index (χ1v) is 3.60. The van der Waals surface area contributed by atoms with Crippen LogP contribution in [0.5, 0.6) is 11.5 Å². The molecule has 4 nitrogen and oxygen atoms in total. The molecule has 0 aliphatic heterocycles. The topological polar surface area (TPSA) is 77.8 Å². The first-order valence-electron chi connectivity index (χ1n) is 3.60. The average Bonchev–Trinajstić information content (AvgIpc) is 2.06.